The first-order valence-electron chi connectivity index (χ1n) is 1.50. The van der Waals surface area contributed by atoms with E-state index in [0.717, 1.165) is 0 Å². The largest absolute Gasteiger partial charge is 0.390 e. The minimum Gasteiger partial charge on any atom is -0.390 e. The van der Waals surface area contributed by atoms with E-state index in [1.807, 2.05) is 0 Å². The summed E-state index contributed by atoms with van der Waals surface area (Å²) in [7, 11) is 0. The summed E-state index contributed by atoms with van der Waals surface area (Å²) in [6.07, 6.45) is 0. The molecular formula is C2H5CuNO3. The van der Waals surface area contributed by atoms with Crippen LogP contribution in [0.5, 0.6) is 0 Å². The van der Waals surface area contributed by atoms with Crippen molar-refractivity contribution in [1.82, 2.24) is 0 Å². The van der Waals surface area contributed by atoms with Crippen LogP contribution in [0.2, 0.25) is 0 Å². The number of aliphatic hydroxyl groups excluding tert-OH is 1. The minimum atomic E-state index is -0.569. The first-order chi connectivity index (χ1) is 2.77. The molecule has 0 heterocycles. The minimum absolute atomic E-state index is 0. The molecule has 0 amide bonds. The molecule has 5 heteroatoms. The van der Waals surface area contributed by atoms with Gasteiger partial charge in [-0.1, -0.05) is 0 Å². The number of nitro groups is 1. The van der Waals surface area contributed by atoms with Crippen molar-refractivity contribution in [2.45, 2.75) is 0 Å². The Morgan fingerprint density at radius 2 is 2.14 bits per heavy atom. The fraction of sp³-hybridized carbons (Fsp3) is 1.00. The molecule has 4 nitrogen and oxygen atoms in total. The van der Waals surface area contributed by atoms with Gasteiger partial charge >= 0.3 is 0 Å². The molecule has 0 rings (SSSR count). The molecule has 0 aromatic heterocycles. The SMILES string of the molecule is O=[N+]([O-])CCO.[Cu]. The van der Waals surface area contributed by atoms with Gasteiger partial charge in [0.2, 0.25) is 6.54 Å². The predicted molar refractivity (Wildman–Crippen MR) is 18.9 cm³/mol. The van der Waals surface area contributed by atoms with E-state index in [-0.39, 0.29) is 30.2 Å². The van der Waals surface area contributed by atoms with Crippen LogP contribution in [0.25, 0.3) is 0 Å². The Morgan fingerprint density at radius 1 is 1.71 bits per heavy atom. The molecule has 0 atom stereocenters. The van der Waals surface area contributed by atoms with E-state index in [4.69, 9.17) is 5.11 Å². The zero-order chi connectivity index (χ0) is 4.99. The third-order valence-electron chi connectivity index (χ3n) is 0.283. The van der Waals surface area contributed by atoms with E-state index in [9.17, 15) is 10.1 Å². The molecule has 0 aliphatic rings. The molecule has 0 fully saturated rings. The van der Waals surface area contributed by atoms with Gasteiger partial charge in [-0.15, -0.1) is 0 Å². The monoisotopic (exact) mass is 154 g/mol. The molecule has 0 saturated heterocycles. The number of hydrogen-bond acceptors (Lipinski definition) is 3. The summed E-state index contributed by atoms with van der Waals surface area (Å²) in [6, 6.07) is 0. The van der Waals surface area contributed by atoms with Crippen molar-refractivity contribution in [3.05, 3.63) is 10.1 Å². The molecule has 0 spiro atoms. The van der Waals surface area contributed by atoms with Crippen molar-refractivity contribution in [2.75, 3.05) is 13.2 Å². The fourth-order valence-electron chi connectivity index (χ4n) is 0.0816. The first-order valence-corrected chi connectivity index (χ1v) is 1.50. The summed E-state index contributed by atoms with van der Waals surface area (Å²) in [5.41, 5.74) is 0. The van der Waals surface area contributed by atoms with E-state index in [2.05, 4.69) is 0 Å². The fourth-order valence-corrected chi connectivity index (χ4v) is 0.0816. The third-order valence-corrected chi connectivity index (χ3v) is 0.283. The molecule has 0 saturated carbocycles. The van der Waals surface area contributed by atoms with Crippen molar-refractivity contribution < 1.29 is 27.1 Å². The van der Waals surface area contributed by atoms with Gasteiger partial charge in [0, 0.05) is 22.0 Å². The molecule has 0 aliphatic heterocycles. The van der Waals surface area contributed by atoms with Crippen LogP contribution in [-0.4, -0.2) is 23.2 Å². The van der Waals surface area contributed by atoms with Gasteiger partial charge in [0.25, 0.3) is 0 Å². The topological polar surface area (TPSA) is 63.4 Å². The van der Waals surface area contributed by atoms with E-state index in [0.29, 0.717) is 0 Å². The summed E-state index contributed by atoms with van der Waals surface area (Å²) in [5.74, 6) is 0. The summed E-state index contributed by atoms with van der Waals surface area (Å²) < 4.78 is 0. The maximum atomic E-state index is 9.24. The molecule has 0 aromatic carbocycles. The van der Waals surface area contributed by atoms with Gasteiger partial charge in [-0.25, -0.2) is 0 Å². The van der Waals surface area contributed by atoms with Crippen molar-refractivity contribution in [2.24, 2.45) is 0 Å². The molecule has 0 unspecified atom stereocenters. The van der Waals surface area contributed by atoms with Gasteiger partial charge in [-0.05, 0) is 0 Å². The van der Waals surface area contributed by atoms with Crippen molar-refractivity contribution >= 4 is 0 Å². The Hall–Kier alpha value is -0.121. The van der Waals surface area contributed by atoms with Crippen LogP contribution < -0.4 is 0 Å². The number of aliphatic hydroxyl groups is 1. The van der Waals surface area contributed by atoms with Crippen LogP contribution in [0.15, 0.2) is 0 Å². The van der Waals surface area contributed by atoms with E-state index >= 15 is 0 Å². The number of hydrogen-bond donors (Lipinski definition) is 1. The number of rotatable bonds is 2. The average molecular weight is 155 g/mol. The quantitative estimate of drug-likeness (QED) is 0.324. The molecule has 0 bridgehead atoms. The Bertz CT molecular complexity index is 56.9. The summed E-state index contributed by atoms with van der Waals surface area (Å²) >= 11 is 0. The van der Waals surface area contributed by atoms with Crippen LogP contribution >= 0.6 is 0 Å². The summed E-state index contributed by atoms with van der Waals surface area (Å²) in [6.45, 7) is -0.715. The number of nitrogens with zero attached hydrogens (tertiary/aromatic N) is 1. The smallest absolute Gasteiger partial charge is 0.226 e. The molecule has 1 N–H and O–H groups in total. The zero-order valence-corrected chi connectivity index (χ0v) is 4.37. The molecule has 0 aromatic rings. The van der Waals surface area contributed by atoms with Gasteiger partial charge in [0.15, 0.2) is 0 Å². The Balaban J connectivity index is 0. The van der Waals surface area contributed by atoms with Gasteiger partial charge < -0.3 is 5.11 Å². The van der Waals surface area contributed by atoms with Gasteiger partial charge in [0.05, 0.1) is 0 Å². The van der Waals surface area contributed by atoms with E-state index in [1.54, 1.807) is 0 Å². The second kappa shape index (κ2) is 5.88. The van der Waals surface area contributed by atoms with Crippen molar-refractivity contribution in [3.63, 3.8) is 0 Å². The van der Waals surface area contributed by atoms with Crippen LogP contribution in [0.4, 0.5) is 0 Å². The van der Waals surface area contributed by atoms with Crippen LogP contribution in [0.1, 0.15) is 0 Å². The Labute approximate surface area is 51.1 Å². The second-order valence-corrected chi connectivity index (χ2v) is 0.780. The second-order valence-electron chi connectivity index (χ2n) is 0.780. The Kier molecular flexibility index (Phi) is 8.39. The van der Waals surface area contributed by atoms with E-state index in [1.165, 1.54) is 0 Å². The van der Waals surface area contributed by atoms with Crippen molar-refractivity contribution in [3.8, 4) is 0 Å². The molecule has 7 heavy (non-hydrogen) atoms. The maximum absolute atomic E-state index is 9.24. The van der Waals surface area contributed by atoms with Gasteiger partial charge in [0.1, 0.15) is 6.61 Å². The van der Waals surface area contributed by atoms with Crippen molar-refractivity contribution in [1.29, 1.82) is 0 Å². The molecular weight excluding hydrogens is 150 g/mol. The standard InChI is InChI=1S/C2H5NO3.Cu/c4-2-1-3(5)6;/h4H,1-2H2;. The molecule has 47 valence electrons. The maximum Gasteiger partial charge on any atom is 0.226 e. The Morgan fingerprint density at radius 3 is 2.14 bits per heavy atom. The normalized spacial score (nSPS) is 7.00. The molecule has 1 radical (unpaired) electrons. The third kappa shape index (κ3) is 10.7. The van der Waals surface area contributed by atoms with Crippen LogP contribution in [0, 0.1) is 10.1 Å². The first kappa shape index (κ1) is 9.99. The van der Waals surface area contributed by atoms with Crippen LogP contribution in [0.3, 0.4) is 0 Å². The van der Waals surface area contributed by atoms with Crippen LogP contribution in [-0.2, 0) is 17.1 Å². The van der Waals surface area contributed by atoms with E-state index < -0.39 is 4.92 Å². The van der Waals surface area contributed by atoms with Gasteiger partial charge in [-0.2, -0.15) is 0 Å². The predicted octanol–water partition coefficient (Wildman–Crippen LogP) is -0.747. The summed E-state index contributed by atoms with van der Waals surface area (Å²) in [5, 5.41) is 17.0. The molecule has 0 aliphatic carbocycles. The van der Waals surface area contributed by atoms with Gasteiger partial charge in [-0.3, -0.25) is 10.1 Å². The summed E-state index contributed by atoms with van der Waals surface area (Å²) in [4.78, 5) is 8.68. The zero-order valence-electron chi connectivity index (χ0n) is 3.43. The average Bonchev–Trinajstić information content (AvgIpc) is 1.35.